The molecule has 1 fully saturated rings. The van der Waals surface area contributed by atoms with Crippen molar-refractivity contribution in [2.24, 2.45) is 4.99 Å². The highest BCUT2D eigenvalue weighted by Gasteiger charge is 2.25. The number of benzene rings is 2. The lowest BCUT2D eigenvalue weighted by atomic mass is 10.2. The van der Waals surface area contributed by atoms with E-state index >= 15 is 0 Å². The number of phenolic OH excluding ortho intramolecular Hbond substituents is 1. The second-order valence-corrected chi connectivity index (χ2v) is 8.58. The second-order valence-electron chi connectivity index (χ2n) is 5.56. The molecule has 27 heavy (non-hydrogen) atoms. The number of amides is 1. The molecule has 0 spiro atoms. The Morgan fingerprint density at radius 1 is 1.30 bits per heavy atom. The Morgan fingerprint density at radius 3 is 2.70 bits per heavy atom. The van der Waals surface area contributed by atoms with Crippen molar-refractivity contribution in [1.82, 2.24) is 5.32 Å². The molecule has 0 bridgehead atoms. The minimum absolute atomic E-state index is 0.0199. The Bertz CT molecular complexity index is 1010. The van der Waals surface area contributed by atoms with Gasteiger partial charge in [-0.2, -0.15) is 0 Å². The maximum atomic E-state index is 12.3. The number of nitrogens with one attached hydrogen (secondary N) is 1. The molecule has 140 valence electrons. The molecular weight excluding hydrogens is 520 g/mol. The average molecular weight is 533 g/mol. The van der Waals surface area contributed by atoms with E-state index in [0.717, 1.165) is 5.56 Å². The van der Waals surface area contributed by atoms with Gasteiger partial charge in [0.15, 0.2) is 16.7 Å². The van der Waals surface area contributed by atoms with E-state index in [1.165, 1.54) is 18.9 Å². The maximum Gasteiger partial charge on any atom is 0.264 e. The van der Waals surface area contributed by atoms with Crippen LogP contribution in [0.15, 0.2) is 43.1 Å². The van der Waals surface area contributed by atoms with E-state index in [9.17, 15) is 9.90 Å². The summed E-state index contributed by atoms with van der Waals surface area (Å²) >= 11 is 14.1. The van der Waals surface area contributed by atoms with E-state index in [1.54, 1.807) is 18.2 Å². The van der Waals surface area contributed by atoms with Crippen LogP contribution in [-0.4, -0.2) is 23.3 Å². The Hall–Kier alpha value is -1.48. The second kappa shape index (κ2) is 8.26. The van der Waals surface area contributed by atoms with Crippen molar-refractivity contribution in [3.05, 3.63) is 54.3 Å². The molecule has 0 unspecified atom stereocenters. The number of rotatable bonds is 3. The minimum Gasteiger partial charge on any atom is -0.503 e. The van der Waals surface area contributed by atoms with Gasteiger partial charge in [0.05, 0.1) is 22.2 Å². The number of carbonyl (C=O) groups excluding carboxylic acids is 1. The van der Waals surface area contributed by atoms with Crippen LogP contribution in [0.4, 0.5) is 5.69 Å². The largest absolute Gasteiger partial charge is 0.503 e. The number of hydrogen-bond donors (Lipinski definition) is 2. The first-order chi connectivity index (χ1) is 12.8. The van der Waals surface area contributed by atoms with Gasteiger partial charge in [0.2, 0.25) is 0 Å². The van der Waals surface area contributed by atoms with Crippen molar-refractivity contribution in [2.45, 2.75) is 6.92 Å². The quantitative estimate of drug-likeness (QED) is 0.492. The van der Waals surface area contributed by atoms with Crippen molar-refractivity contribution < 1.29 is 14.6 Å². The zero-order valence-corrected chi connectivity index (χ0v) is 18.9. The third kappa shape index (κ3) is 4.34. The number of carbonyl (C=O) groups is 1. The predicted molar refractivity (Wildman–Crippen MR) is 117 cm³/mol. The molecular formula is C18H13Br2ClN2O3S. The Labute approximate surface area is 182 Å². The molecule has 2 aromatic rings. The lowest BCUT2D eigenvalue weighted by Crippen LogP contribution is -2.19. The topological polar surface area (TPSA) is 70.9 Å². The summed E-state index contributed by atoms with van der Waals surface area (Å²) in [6, 6.07) is 7.09. The highest BCUT2D eigenvalue weighted by atomic mass is 79.9. The van der Waals surface area contributed by atoms with E-state index in [-0.39, 0.29) is 11.7 Å². The van der Waals surface area contributed by atoms with Crippen LogP contribution in [0.3, 0.4) is 0 Å². The number of aromatic hydroxyl groups is 1. The van der Waals surface area contributed by atoms with Crippen LogP contribution in [0, 0.1) is 6.92 Å². The van der Waals surface area contributed by atoms with Crippen LogP contribution < -0.4 is 10.1 Å². The van der Waals surface area contributed by atoms with Gasteiger partial charge in [-0.1, -0.05) is 17.7 Å². The summed E-state index contributed by atoms with van der Waals surface area (Å²) in [5.41, 5.74) is 2.29. The van der Waals surface area contributed by atoms with Gasteiger partial charge in [-0.05, 0) is 85.9 Å². The number of methoxy groups -OCH3 is 1. The summed E-state index contributed by atoms with van der Waals surface area (Å²) in [7, 11) is 1.46. The van der Waals surface area contributed by atoms with E-state index in [2.05, 4.69) is 42.2 Å². The predicted octanol–water partition coefficient (Wildman–Crippen LogP) is 5.78. The van der Waals surface area contributed by atoms with Crippen LogP contribution in [0.1, 0.15) is 11.1 Å². The molecule has 0 aromatic heterocycles. The molecule has 0 aliphatic carbocycles. The van der Waals surface area contributed by atoms with Crippen molar-refractivity contribution in [3.8, 4) is 11.5 Å². The first kappa shape index (κ1) is 20.3. The Morgan fingerprint density at radius 2 is 2.04 bits per heavy atom. The summed E-state index contributed by atoms with van der Waals surface area (Å²) in [6.07, 6.45) is 1.70. The Kier molecular flexibility index (Phi) is 6.20. The molecule has 2 N–H and O–H groups in total. The van der Waals surface area contributed by atoms with Gasteiger partial charge < -0.3 is 15.2 Å². The van der Waals surface area contributed by atoms with Gasteiger partial charge in [0.1, 0.15) is 0 Å². The van der Waals surface area contributed by atoms with Crippen LogP contribution in [0.5, 0.6) is 11.5 Å². The summed E-state index contributed by atoms with van der Waals surface area (Å²) < 4.78 is 6.21. The number of thioether (sulfide) groups is 1. The molecule has 0 atom stereocenters. The summed E-state index contributed by atoms with van der Waals surface area (Å²) in [5, 5.41) is 13.8. The van der Waals surface area contributed by atoms with E-state index < -0.39 is 0 Å². The molecule has 9 heteroatoms. The zero-order valence-electron chi connectivity index (χ0n) is 14.1. The molecule has 1 saturated heterocycles. The molecule has 3 rings (SSSR count). The van der Waals surface area contributed by atoms with E-state index in [4.69, 9.17) is 16.3 Å². The number of aryl methyl sites for hydroxylation is 1. The molecule has 2 aromatic carbocycles. The van der Waals surface area contributed by atoms with E-state index in [0.29, 0.717) is 41.0 Å². The van der Waals surface area contributed by atoms with Gasteiger partial charge in [-0.15, -0.1) is 0 Å². The third-order valence-corrected chi connectivity index (χ3v) is 7.19. The van der Waals surface area contributed by atoms with Crippen molar-refractivity contribution in [1.29, 1.82) is 0 Å². The van der Waals surface area contributed by atoms with Crippen molar-refractivity contribution in [3.63, 3.8) is 0 Å². The first-order valence-corrected chi connectivity index (χ1v) is 10.4. The van der Waals surface area contributed by atoms with Crippen LogP contribution in [0.2, 0.25) is 5.02 Å². The molecule has 1 aliphatic heterocycles. The lowest BCUT2D eigenvalue weighted by Gasteiger charge is -2.10. The van der Waals surface area contributed by atoms with Gasteiger partial charge in [0, 0.05) is 9.50 Å². The van der Waals surface area contributed by atoms with Crippen LogP contribution in [-0.2, 0) is 4.79 Å². The summed E-state index contributed by atoms with van der Waals surface area (Å²) in [4.78, 5) is 17.2. The first-order valence-electron chi connectivity index (χ1n) is 7.61. The minimum atomic E-state index is -0.257. The van der Waals surface area contributed by atoms with Gasteiger partial charge >= 0.3 is 0 Å². The number of aliphatic imine (C=N–C) groups is 1. The lowest BCUT2D eigenvalue weighted by molar-refractivity contribution is -0.115. The zero-order chi connectivity index (χ0) is 19.7. The fourth-order valence-electron chi connectivity index (χ4n) is 2.26. The molecule has 1 amide bonds. The summed E-state index contributed by atoms with van der Waals surface area (Å²) in [5.74, 6) is 0.0177. The number of halogens is 3. The number of amidine groups is 1. The normalized spacial score (nSPS) is 16.9. The highest BCUT2D eigenvalue weighted by Crippen LogP contribution is 2.43. The van der Waals surface area contributed by atoms with Gasteiger partial charge in [-0.3, -0.25) is 4.79 Å². The van der Waals surface area contributed by atoms with Gasteiger partial charge in [0.25, 0.3) is 5.91 Å². The molecule has 1 aliphatic rings. The molecule has 0 saturated carbocycles. The standard InChI is InChI=1S/C18H13Br2ClN2O3S/c1-8-3-4-10(7-11(8)21)22-18-23-17(25)13(27-18)6-9-5-12(26-2)16(24)15(20)14(9)19/h3-7,24H,1-2H3,(H,22,23,25). The SMILES string of the molecule is COc1cc(C=C2SC(=Nc3ccc(C)c(Cl)c3)NC2=O)c(Br)c(Br)c1O. The molecule has 5 nitrogen and oxygen atoms in total. The smallest absolute Gasteiger partial charge is 0.264 e. The van der Waals surface area contributed by atoms with Gasteiger partial charge in [-0.25, -0.2) is 4.99 Å². The average Bonchev–Trinajstić information content (AvgIpc) is 2.97. The number of nitrogens with zero attached hydrogens (tertiary/aromatic N) is 1. The van der Waals surface area contributed by atoms with Crippen LogP contribution >= 0.6 is 55.2 Å². The fraction of sp³-hybridized carbons (Fsp3) is 0.111. The monoisotopic (exact) mass is 530 g/mol. The Balaban J connectivity index is 1.93. The van der Waals surface area contributed by atoms with Crippen molar-refractivity contribution in [2.75, 3.05) is 7.11 Å². The van der Waals surface area contributed by atoms with Crippen LogP contribution in [0.25, 0.3) is 6.08 Å². The van der Waals surface area contributed by atoms with E-state index in [1.807, 2.05) is 19.1 Å². The molecule has 1 heterocycles. The fourth-order valence-corrected chi connectivity index (χ4v) is 4.11. The summed E-state index contributed by atoms with van der Waals surface area (Å²) in [6.45, 7) is 1.91. The number of ether oxygens (including phenoxy) is 1. The third-order valence-electron chi connectivity index (χ3n) is 3.72. The molecule has 0 radical (unpaired) electrons. The number of phenols is 1. The number of hydrogen-bond acceptors (Lipinski definition) is 5. The highest BCUT2D eigenvalue weighted by molar-refractivity contribution is 9.13. The van der Waals surface area contributed by atoms with Crippen molar-refractivity contribution >= 4 is 78.1 Å². The maximum absolute atomic E-state index is 12.3.